The molecule has 0 spiro atoms. The summed E-state index contributed by atoms with van der Waals surface area (Å²) < 4.78 is 26.0. The SMILES string of the molecule is CC(C)(F)c1cc2c(cc1C1CCNC1)OCCCO2. The van der Waals surface area contributed by atoms with Crippen molar-refractivity contribution in [1.82, 2.24) is 5.32 Å². The molecule has 0 bridgehead atoms. The van der Waals surface area contributed by atoms with Crippen LogP contribution < -0.4 is 14.8 Å². The van der Waals surface area contributed by atoms with E-state index in [0.717, 1.165) is 42.8 Å². The summed E-state index contributed by atoms with van der Waals surface area (Å²) in [4.78, 5) is 0. The quantitative estimate of drug-likeness (QED) is 0.902. The molecule has 0 aliphatic carbocycles. The average molecular weight is 279 g/mol. The summed E-state index contributed by atoms with van der Waals surface area (Å²) in [5.41, 5.74) is 0.421. The monoisotopic (exact) mass is 279 g/mol. The van der Waals surface area contributed by atoms with Crippen LogP contribution in [0.15, 0.2) is 12.1 Å². The molecule has 1 saturated heterocycles. The van der Waals surface area contributed by atoms with Gasteiger partial charge >= 0.3 is 0 Å². The van der Waals surface area contributed by atoms with Gasteiger partial charge in [-0.25, -0.2) is 4.39 Å². The largest absolute Gasteiger partial charge is 0.490 e. The lowest BCUT2D eigenvalue weighted by Gasteiger charge is -2.24. The van der Waals surface area contributed by atoms with Crippen molar-refractivity contribution < 1.29 is 13.9 Å². The summed E-state index contributed by atoms with van der Waals surface area (Å²) in [6.07, 6.45) is 1.91. The molecule has 20 heavy (non-hydrogen) atoms. The van der Waals surface area contributed by atoms with E-state index in [9.17, 15) is 4.39 Å². The van der Waals surface area contributed by atoms with E-state index in [1.165, 1.54) is 0 Å². The fourth-order valence-electron chi connectivity index (χ4n) is 3.00. The van der Waals surface area contributed by atoms with Crippen molar-refractivity contribution in [2.45, 2.75) is 38.3 Å². The summed E-state index contributed by atoms with van der Waals surface area (Å²) in [6.45, 7) is 6.40. The van der Waals surface area contributed by atoms with Gasteiger partial charge in [-0.2, -0.15) is 0 Å². The van der Waals surface area contributed by atoms with E-state index < -0.39 is 5.67 Å². The number of benzene rings is 1. The first-order valence-corrected chi connectivity index (χ1v) is 7.39. The zero-order valence-electron chi connectivity index (χ0n) is 12.2. The van der Waals surface area contributed by atoms with Crippen molar-refractivity contribution in [2.75, 3.05) is 26.3 Å². The molecule has 3 rings (SSSR count). The third kappa shape index (κ3) is 2.62. The molecule has 4 heteroatoms. The highest BCUT2D eigenvalue weighted by Gasteiger charge is 2.30. The minimum Gasteiger partial charge on any atom is -0.490 e. The Kier molecular flexibility index (Phi) is 3.59. The molecule has 1 atom stereocenters. The van der Waals surface area contributed by atoms with Gasteiger partial charge in [-0.15, -0.1) is 0 Å². The molecule has 2 aliphatic rings. The van der Waals surface area contributed by atoms with Gasteiger partial charge in [-0.1, -0.05) is 0 Å². The van der Waals surface area contributed by atoms with E-state index in [-0.39, 0.29) is 0 Å². The van der Waals surface area contributed by atoms with Gasteiger partial charge in [0.2, 0.25) is 0 Å². The number of nitrogens with one attached hydrogen (secondary N) is 1. The fraction of sp³-hybridized carbons (Fsp3) is 0.625. The molecule has 1 aromatic rings. The van der Waals surface area contributed by atoms with Crippen molar-refractivity contribution in [1.29, 1.82) is 0 Å². The molecule has 1 N–H and O–H groups in total. The third-order valence-corrected chi connectivity index (χ3v) is 4.06. The highest BCUT2D eigenvalue weighted by Crippen LogP contribution is 2.42. The summed E-state index contributed by atoms with van der Waals surface area (Å²) in [6, 6.07) is 3.84. The van der Waals surface area contributed by atoms with Crippen LogP contribution in [0.4, 0.5) is 4.39 Å². The molecular formula is C16H22FNO2. The van der Waals surface area contributed by atoms with E-state index in [1.54, 1.807) is 13.8 Å². The summed E-state index contributed by atoms with van der Waals surface area (Å²) >= 11 is 0. The topological polar surface area (TPSA) is 30.5 Å². The minimum atomic E-state index is -1.37. The van der Waals surface area contributed by atoms with Crippen LogP contribution in [0.2, 0.25) is 0 Å². The predicted molar refractivity (Wildman–Crippen MR) is 76.4 cm³/mol. The van der Waals surface area contributed by atoms with Crippen molar-refractivity contribution in [3.8, 4) is 11.5 Å². The maximum atomic E-state index is 14.6. The van der Waals surface area contributed by atoms with Crippen LogP contribution >= 0.6 is 0 Å². The highest BCUT2D eigenvalue weighted by molar-refractivity contribution is 5.51. The highest BCUT2D eigenvalue weighted by atomic mass is 19.1. The molecule has 2 aliphatic heterocycles. The first-order chi connectivity index (χ1) is 9.55. The van der Waals surface area contributed by atoms with Crippen molar-refractivity contribution in [3.63, 3.8) is 0 Å². The standard InChI is InChI=1S/C16H22FNO2/c1-16(2,17)13-9-15-14(19-6-3-7-20-15)8-12(13)11-4-5-18-10-11/h8-9,11,18H,3-7,10H2,1-2H3. The van der Waals surface area contributed by atoms with Crippen molar-refractivity contribution in [2.24, 2.45) is 0 Å². The number of rotatable bonds is 2. The van der Waals surface area contributed by atoms with Gasteiger partial charge in [-0.05, 0) is 56.0 Å². The Bertz CT molecular complexity index is 490. The molecule has 110 valence electrons. The van der Waals surface area contributed by atoms with E-state index in [0.29, 0.717) is 24.9 Å². The Morgan fingerprint density at radius 3 is 2.50 bits per heavy atom. The molecule has 0 amide bonds. The number of fused-ring (bicyclic) bond motifs is 1. The Morgan fingerprint density at radius 2 is 1.90 bits per heavy atom. The van der Waals surface area contributed by atoms with Crippen molar-refractivity contribution >= 4 is 0 Å². The second kappa shape index (κ2) is 5.24. The molecule has 2 heterocycles. The number of alkyl halides is 1. The maximum absolute atomic E-state index is 14.6. The zero-order valence-corrected chi connectivity index (χ0v) is 12.2. The van der Waals surface area contributed by atoms with Crippen LogP contribution in [-0.2, 0) is 5.67 Å². The number of hydrogen-bond acceptors (Lipinski definition) is 3. The molecule has 1 fully saturated rings. The Labute approximate surface area is 119 Å². The molecule has 1 aromatic carbocycles. The Morgan fingerprint density at radius 1 is 1.20 bits per heavy atom. The van der Waals surface area contributed by atoms with Gasteiger partial charge in [0.15, 0.2) is 11.5 Å². The summed E-state index contributed by atoms with van der Waals surface area (Å²) in [5, 5.41) is 3.35. The third-order valence-electron chi connectivity index (χ3n) is 4.06. The van der Waals surface area contributed by atoms with Crippen LogP contribution in [0.1, 0.15) is 43.7 Å². The molecule has 0 aromatic heterocycles. The van der Waals surface area contributed by atoms with Crippen LogP contribution in [0.25, 0.3) is 0 Å². The summed E-state index contributed by atoms with van der Waals surface area (Å²) in [7, 11) is 0. The second-order valence-electron chi connectivity index (χ2n) is 6.10. The first kappa shape index (κ1) is 13.7. The normalized spacial score (nSPS) is 22.6. The van der Waals surface area contributed by atoms with E-state index in [1.807, 2.05) is 12.1 Å². The van der Waals surface area contributed by atoms with E-state index >= 15 is 0 Å². The minimum absolute atomic E-state index is 0.358. The van der Waals surface area contributed by atoms with Gasteiger partial charge in [0.25, 0.3) is 0 Å². The van der Waals surface area contributed by atoms with Gasteiger partial charge in [0.1, 0.15) is 5.67 Å². The lowest BCUT2D eigenvalue weighted by molar-refractivity contribution is 0.217. The van der Waals surface area contributed by atoms with Crippen LogP contribution in [0, 0.1) is 0 Å². The maximum Gasteiger partial charge on any atom is 0.161 e. The first-order valence-electron chi connectivity index (χ1n) is 7.39. The molecular weight excluding hydrogens is 257 g/mol. The van der Waals surface area contributed by atoms with Crippen LogP contribution in [0.5, 0.6) is 11.5 Å². The second-order valence-corrected chi connectivity index (χ2v) is 6.10. The Balaban J connectivity index is 2.07. The number of halogens is 1. The number of hydrogen-bond donors (Lipinski definition) is 1. The van der Waals surface area contributed by atoms with Gasteiger partial charge in [-0.3, -0.25) is 0 Å². The summed E-state index contributed by atoms with van der Waals surface area (Å²) in [5.74, 6) is 1.80. The van der Waals surface area contributed by atoms with E-state index in [2.05, 4.69) is 5.32 Å². The van der Waals surface area contributed by atoms with Gasteiger partial charge < -0.3 is 14.8 Å². The zero-order chi connectivity index (χ0) is 14.2. The van der Waals surface area contributed by atoms with Crippen LogP contribution in [0.3, 0.4) is 0 Å². The predicted octanol–water partition coefficient (Wildman–Crippen LogP) is 3.13. The average Bonchev–Trinajstić information content (AvgIpc) is 2.82. The van der Waals surface area contributed by atoms with Crippen LogP contribution in [-0.4, -0.2) is 26.3 Å². The molecule has 0 radical (unpaired) electrons. The Hall–Kier alpha value is -1.29. The van der Waals surface area contributed by atoms with Gasteiger partial charge in [0.05, 0.1) is 13.2 Å². The molecule has 3 nitrogen and oxygen atoms in total. The molecule has 0 saturated carbocycles. The lowest BCUT2D eigenvalue weighted by atomic mass is 9.86. The smallest absolute Gasteiger partial charge is 0.161 e. The lowest BCUT2D eigenvalue weighted by Crippen LogP contribution is -2.17. The van der Waals surface area contributed by atoms with E-state index in [4.69, 9.17) is 9.47 Å². The van der Waals surface area contributed by atoms with Gasteiger partial charge in [0, 0.05) is 13.0 Å². The molecule has 1 unspecified atom stereocenters. The fourth-order valence-corrected chi connectivity index (χ4v) is 3.00. The van der Waals surface area contributed by atoms with Crippen molar-refractivity contribution in [3.05, 3.63) is 23.3 Å². The number of ether oxygens (including phenoxy) is 2.